The number of carbonyl (C=O) groups excluding carboxylic acids is 1. The average Bonchev–Trinajstić information content (AvgIpc) is 3.38. The van der Waals surface area contributed by atoms with E-state index in [0.717, 1.165) is 64.0 Å². The van der Waals surface area contributed by atoms with Crippen molar-refractivity contribution in [2.45, 2.75) is 13.5 Å². The van der Waals surface area contributed by atoms with Crippen LogP contribution in [-0.2, 0) is 6.54 Å². The van der Waals surface area contributed by atoms with Crippen LogP contribution in [0.25, 0.3) is 11.3 Å². The maximum atomic E-state index is 13.1. The Bertz CT molecular complexity index is 1410. The quantitative estimate of drug-likeness (QED) is 0.293. The molecule has 0 saturated carbocycles. The summed E-state index contributed by atoms with van der Waals surface area (Å²) in [5.74, 6) is -0.191. The van der Waals surface area contributed by atoms with Crippen molar-refractivity contribution in [2.75, 3.05) is 44.0 Å². The number of aryl methyl sites for hydroxylation is 1. The monoisotopic (exact) mass is 638 g/mol. The number of nitrogens with zero attached hydrogens (tertiary/aromatic N) is 6. The van der Waals surface area contributed by atoms with Crippen LogP contribution in [0.5, 0.6) is 0 Å². The second kappa shape index (κ2) is 11.7. The highest BCUT2D eigenvalue weighted by Crippen LogP contribution is 2.30. The maximum Gasteiger partial charge on any atom is 0.255 e. The first-order valence-electron chi connectivity index (χ1n) is 12.3. The Morgan fingerprint density at radius 3 is 2.50 bits per heavy atom. The van der Waals surface area contributed by atoms with E-state index in [-0.39, 0.29) is 5.91 Å². The number of nitrogens with one attached hydrogen (secondary N) is 2. The maximum absolute atomic E-state index is 13.1. The number of hydrogen-bond donors (Lipinski definition) is 2. The smallest absolute Gasteiger partial charge is 0.255 e. The summed E-state index contributed by atoms with van der Waals surface area (Å²) in [4.78, 5) is 23.5. The highest BCUT2D eigenvalue weighted by molar-refractivity contribution is 9.11. The van der Waals surface area contributed by atoms with Crippen molar-refractivity contribution in [3.8, 4) is 11.3 Å². The van der Waals surface area contributed by atoms with E-state index in [0.29, 0.717) is 16.9 Å². The molecule has 1 aliphatic heterocycles. The van der Waals surface area contributed by atoms with E-state index in [2.05, 4.69) is 74.6 Å². The van der Waals surface area contributed by atoms with Crippen LogP contribution >= 0.6 is 31.9 Å². The molecule has 38 heavy (non-hydrogen) atoms. The Kier molecular flexibility index (Phi) is 8.18. The summed E-state index contributed by atoms with van der Waals surface area (Å²) in [6, 6.07) is 13.2. The number of benzene rings is 2. The van der Waals surface area contributed by atoms with E-state index in [1.54, 1.807) is 18.6 Å². The number of likely N-dealkylation sites (N-methyl/N-ethyl adjacent to an activating group) is 1. The number of halogens is 2. The predicted molar refractivity (Wildman–Crippen MR) is 156 cm³/mol. The second-order valence-electron chi connectivity index (χ2n) is 9.35. The molecule has 1 aliphatic rings. The van der Waals surface area contributed by atoms with E-state index in [1.807, 2.05) is 49.4 Å². The zero-order valence-electron chi connectivity index (χ0n) is 21.2. The van der Waals surface area contributed by atoms with Gasteiger partial charge < -0.3 is 10.2 Å². The molecule has 196 valence electrons. The second-order valence-corrected chi connectivity index (χ2v) is 11.1. The fourth-order valence-electron chi connectivity index (χ4n) is 4.21. The fraction of sp³-hybridized carbons (Fsp3) is 0.259. The van der Waals surface area contributed by atoms with Crippen molar-refractivity contribution in [1.82, 2.24) is 29.9 Å². The molecule has 1 fully saturated rings. The van der Waals surface area contributed by atoms with Crippen molar-refractivity contribution >= 4 is 49.1 Å². The summed E-state index contributed by atoms with van der Waals surface area (Å²) in [5.41, 5.74) is 8.91. The lowest BCUT2D eigenvalue weighted by atomic mass is 10.1. The van der Waals surface area contributed by atoms with E-state index in [4.69, 9.17) is 0 Å². The van der Waals surface area contributed by atoms with Gasteiger partial charge in [0.1, 0.15) is 5.69 Å². The highest BCUT2D eigenvalue weighted by Gasteiger charge is 2.19. The number of piperazine rings is 1. The molecule has 0 atom stereocenters. The zero-order valence-corrected chi connectivity index (χ0v) is 24.3. The van der Waals surface area contributed by atoms with Gasteiger partial charge in [-0.3, -0.25) is 20.1 Å². The Balaban J connectivity index is 1.27. The van der Waals surface area contributed by atoms with Gasteiger partial charge in [-0.1, -0.05) is 42.8 Å². The molecule has 0 bridgehead atoms. The average molecular weight is 640 g/mol. The minimum Gasteiger partial charge on any atom is -0.322 e. The molecule has 1 amide bonds. The van der Waals surface area contributed by atoms with Crippen molar-refractivity contribution in [3.63, 3.8) is 0 Å². The molecule has 0 spiro atoms. The molecule has 2 aromatic carbocycles. The van der Waals surface area contributed by atoms with E-state index < -0.39 is 0 Å². The highest BCUT2D eigenvalue weighted by atomic mass is 79.9. The Morgan fingerprint density at radius 1 is 1.03 bits per heavy atom. The van der Waals surface area contributed by atoms with Crippen LogP contribution in [0.1, 0.15) is 21.5 Å². The van der Waals surface area contributed by atoms with E-state index in [1.165, 1.54) is 4.91 Å². The van der Waals surface area contributed by atoms with Gasteiger partial charge in [0.15, 0.2) is 0 Å². The lowest BCUT2D eigenvalue weighted by Crippen LogP contribution is -2.44. The number of anilines is 2. The molecule has 0 aliphatic carbocycles. The molecule has 9 nitrogen and oxygen atoms in total. The summed E-state index contributed by atoms with van der Waals surface area (Å²) in [6.45, 7) is 6.98. The minimum atomic E-state index is -0.191. The molecule has 0 radical (unpaired) electrons. The third-order valence-corrected chi connectivity index (χ3v) is 7.96. The molecule has 2 N–H and O–H groups in total. The van der Waals surface area contributed by atoms with Gasteiger partial charge in [-0.15, -0.1) is 10.2 Å². The summed E-state index contributed by atoms with van der Waals surface area (Å²) < 4.78 is 1.83. The van der Waals surface area contributed by atoms with E-state index in [9.17, 15) is 4.79 Å². The Morgan fingerprint density at radius 2 is 1.79 bits per heavy atom. The number of hydrogen-bond acceptors (Lipinski definition) is 7. The zero-order chi connectivity index (χ0) is 26.6. The van der Waals surface area contributed by atoms with Crippen LogP contribution in [0.2, 0.25) is 0 Å². The van der Waals surface area contributed by atoms with Crippen LogP contribution < -0.4 is 10.7 Å². The first-order chi connectivity index (χ1) is 18.4. The summed E-state index contributed by atoms with van der Waals surface area (Å²) in [5, 5.41) is 11.8. The molecule has 1 saturated heterocycles. The minimum absolute atomic E-state index is 0.191. The third kappa shape index (κ3) is 6.29. The topological polar surface area (TPSA) is 91.2 Å². The van der Waals surface area contributed by atoms with Gasteiger partial charge in [0.25, 0.3) is 5.91 Å². The van der Waals surface area contributed by atoms with Crippen LogP contribution in [-0.4, -0.2) is 69.0 Å². The standard InChI is InChI=1S/C27H28Br2N8O/c1-18-5-6-21(14-25(18)33-37-31-16-26(34-37)19-4-3-7-30-15-19)32-27(38)20-12-23(28)22(24(29)13-20)17-36-10-8-35(2)9-11-36/h3-7,12-16,33H,8-11,17H2,1-2H3,(H,32,38). The Labute approximate surface area is 238 Å². The van der Waals surface area contributed by atoms with Crippen molar-refractivity contribution < 1.29 is 4.79 Å². The van der Waals surface area contributed by atoms with Gasteiger partial charge in [-0.2, -0.15) is 0 Å². The number of rotatable bonds is 7. The van der Waals surface area contributed by atoms with Gasteiger partial charge in [0, 0.05) is 70.9 Å². The summed E-state index contributed by atoms with van der Waals surface area (Å²) in [6.07, 6.45) is 5.13. The first kappa shape index (κ1) is 26.5. The van der Waals surface area contributed by atoms with Crippen LogP contribution in [0, 0.1) is 6.92 Å². The van der Waals surface area contributed by atoms with Gasteiger partial charge in [-0.25, -0.2) is 0 Å². The molecule has 3 heterocycles. The van der Waals surface area contributed by atoms with Crippen molar-refractivity contribution in [3.05, 3.63) is 86.7 Å². The van der Waals surface area contributed by atoms with Crippen LogP contribution in [0.15, 0.2) is 70.0 Å². The van der Waals surface area contributed by atoms with Crippen molar-refractivity contribution in [2.24, 2.45) is 0 Å². The normalized spacial score (nSPS) is 14.4. The Hall–Kier alpha value is -3.12. The number of amides is 1. The predicted octanol–water partition coefficient (Wildman–Crippen LogP) is 5.05. The van der Waals surface area contributed by atoms with E-state index >= 15 is 0 Å². The van der Waals surface area contributed by atoms with Crippen molar-refractivity contribution in [1.29, 1.82) is 0 Å². The third-order valence-electron chi connectivity index (χ3n) is 6.55. The molecule has 0 unspecified atom stereocenters. The fourth-order valence-corrected chi connectivity index (χ4v) is 5.65. The lowest BCUT2D eigenvalue weighted by molar-refractivity contribution is 0.102. The number of carbonyl (C=O) groups is 1. The van der Waals surface area contributed by atoms with Gasteiger partial charge in [0.2, 0.25) is 0 Å². The van der Waals surface area contributed by atoms with Crippen LogP contribution in [0.4, 0.5) is 11.4 Å². The number of pyridine rings is 1. The molecular weight excluding hydrogens is 612 g/mol. The molecular formula is C27H28Br2N8O. The largest absolute Gasteiger partial charge is 0.322 e. The molecule has 11 heteroatoms. The lowest BCUT2D eigenvalue weighted by Gasteiger charge is -2.32. The van der Waals surface area contributed by atoms with Gasteiger partial charge in [0.05, 0.1) is 11.9 Å². The molecule has 5 rings (SSSR count). The van der Waals surface area contributed by atoms with Gasteiger partial charge >= 0.3 is 0 Å². The molecule has 2 aromatic heterocycles. The summed E-state index contributed by atoms with van der Waals surface area (Å²) >= 11 is 7.38. The first-order valence-corrected chi connectivity index (χ1v) is 13.8. The van der Waals surface area contributed by atoms with Crippen LogP contribution in [0.3, 0.4) is 0 Å². The SMILES string of the molecule is Cc1ccc(NC(=O)c2cc(Br)c(CN3CCN(C)CC3)c(Br)c2)cc1Nn1ncc(-c2cccnc2)n1. The number of aromatic nitrogens is 4. The molecule has 4 aromatic rings. The van der Waals surface area contributed by atoms with Gasteiger partial charge in [-0.05, 0) is 61.5 Å². The summed E-state index contributed by atoms with van der Waals surface area (Å²) in [7, 11) is 2.15.